The number of carbonyl (C=O) groups is 1. The Labute approximate surface area is 103 Å². The number of anilines is 1. The summed E-state index contributed by atoms with van der Waals surface area (Å²) in [7, 11) is 0. The van der Waals surface area contributed by atoms with Crippen LogP contribution in [0.5, 0.6) is 0 Å². The molecule has 16 heavy (non-hydrogen) atoms. The van der Waals surface area contributed by atoms with Crippen molar-refractivity contribution in [2.45, 2.75) is 19.3 Å². The van der Waals surface area contributed by atoms with E-state index in [4.69, 9.17) is 5.11 Å². The first-order valence-electron chi connectivity index (χ1n) is 5.46. The quantitative estimate of drug-likeness (QED) is 0.907. The second-order valence-corrected chi connectivity index (χ2v) is 4.87. The first-order chi connectivity index (χ1) is 7.68. The fraction of sp³-hybridized carbons (Fsp3) is 0.417. The maximum Gasteiger partial charge on any atom is 0.335 e. The maximum atomic E-state index is 10.8. The van der Waals surface area contributed by atoms with Gasteiger partial charge in [0, 0.05) is 17.6 Å². The summed E-state index contributed by atoms with van der Waals surface area (Å²) in [5, 5.41) is 8.88. The van der Waals surface area contributed by atoms with Gasteiger partial charge < -0.3 is 10.0 Å². The number of carboxylic acids is 1. The largest absolute Gasteiger partial charge is 0.478 e. The minimum atomic E-state index is -0.883. The summed E-state index contributed by atoms with van der Waals surface area (Å²) in [5.41, 5.74) is 1.43. The van der Waals surface area contributed by atoms with Gasteiger partial charge in [0.1, 0.15) is 0 Å². The molecule has 86 valence electrons. The molecule has 0 aromatic heterocycles. The minimum Gasteiger partial charge on any atom is -0.478 e. The lowest BCUT2D eigenvalue weighted by Gasteiger charge is -2.29. The van der Waals surface area contributed by atoms with Gasteiger partial charge >= 0.3 is 5.97 Å². The summed E-state index contributed by atoms with van der Waals surface area (Å²) in [6, 6.07) is 5.22. The van der Waals surface area contributed by atoms with E-state index in [9.17, 15) is 4.79 Å². The van der Waals surface area contributed by atoms with Gasteiger partial charge in [-0.05, 0) is 53.4 Å². The minimum absolute atomic E-state index is 0.327. The van der Waals surface area contributed by atoms with Gasteiger partial charge in [0.25, 0.3) is 0 Å². The van der Waals surface area contributed by atoms with Crippen LogP contribution in [0.15, 0.2) is 22.7 Å². The molecule has 0 aliphatic carbocycles. The van der Waals surface area contributed by atoms with Gasteiger partial charge in [-0.1, -0.05) is 0 Å². The van der Waals surface area contributed by atoms with Crippen LogP contribution in [0.3, 0.4) is 0 Å². The number of rotatable bonds is 2. The molecule has 1 N–H and O–H groups in total. The molecule has 3 nitrogen and oxygen atoms in total. The number of hydrogen-bond donors (Lipinski definition) is 1. The molecule has 0 amide bonds. The molecule has 0 saturated carbocycles. The number of hydrogen-bond acceptors (Lipinski definition) is 2. The number of nitrogens with zero attached hydrogens (tertiary/aromatic N) is 1. The summed E-state index contributed by atoms with van der Waals surface area (Å²) in [4.78, 5) is 13.1. The molecule has 1 aromatic carbocycles. The average Bonchev–Trinajstić information content (AvgIpc) is 2.30. The molecule has 4 heteroatoms. The zero-order valence-corrected chi connectivity index (χ0v) is 10.5. The van der Waals surface area contributed by atoms with E-state index in [1.807, 2.05) is 6.07 Å². The molecule has 1 saturated heterocycles. The van der Waals surface area contributed by atoms with Crippen molar-refractivity contribution in [3.63, 3.8) is 0 Å². The first kappa shape index (κ1) is 11.5. The van der Waals surface area contributed by atoms with Crippen LogP contribution < -0.4 is 4.90 Å². The van der Waals surface area contributed by atoms with Crippen LogP contribution in [0.1, 0.15) is 29.6 Å². The van der Waals surface area contributed by atoms with Gasteiger partial charge in [0.15, 0.2) is 0 Å². The van der Waals surface area contributed by atoms with Crippen molar-refractivity contribution >= 4 is 27.6 Å². The van der Waals surface area contributed by atoms with Crippen molar-refractivity contribution in [2.75, 3.05) is 18.0 Å². The predicted molar refractivity (Wildman–Crippen MR) is 67.2 cm³/mol. The van der Waals surface area contributed by atoms with Crippen molar-refractivity contribution < 1.29 is 9.90 Å². The van der Waals surface area contributed by atoms with Crippen LogP contribution in [0.25, 0.3) is 0 Å². The number of carboxylic acid groups (broad SMARTS) is 1. The highest BCUT2D eigenvalue weighted by atomic mass is 79.9. The highest BCUT2D eigenvalue weighted by Crippen LogP contribution is 2.29. The molecule has 0 bridgehead atoms. The zero-order valence-electron chi connectivity index (χ0n) is 8.95. The number of piperidine rings is 1. The molecule has 1 aliphatic heterocycles. The zero-order chi connectivity index (χ0) is 11.5. The van der Waals surface area contributed by atoms with Gasteiger partial charge in [0.2, 0.25) is 0 Å². The van der Waals surface area contributed by atoms with E-state index in [0.29, 0.717) is 5.56 Å². The van der Waals surface area contributed by atoms with Crippen LogP contribution in [0.4, 0.5) is 5.69 Å². The topological polar surface area (TPSA) is 40.5 Å². The molecule has 1 aromatic rings. The Morgan fingerprint density at radius 1 is 1.25 bits per heavy atom. The van der Waals surface area contributed by atoms with Crippen molar-refractivity contribution in [2.24, 2.45) is 0 Å². The molecule has 1 aliphatic rings. The Bertz CT molecular complexity index is 400. The number of benzene rings is 1. The van der Waals surface area contributed by atoms with Crippen molar-refractivity contribution in [1.29, 1.82) is 0 Å². The summed E-state index contributed by atoms with van der Waals surface area (Å²) in [5.74, 6) is -0.883. The van der Waals surface area contributed by atoms with E-state index in [-0.39, 0.29) is 0 Å². The number of halogens is 1. The van der Waals surface area contributed by atoms with E-state index < -0.39 is 5.97 Å². The summed E-state index contributed by atoms with van der Waals surface area (Å²) < 4.78 is 0.870. The lowest BCUT2D eigenvalue weighted by atomic mass is 10.1. The lowest BCUT2D eigenvalue weighted by molar-refractivity contribution is 0.0697. The molecular formula is C12H14BrNO2. The summed E-state index contributed by atoms with van der Waals surface area (Å²) >= 11 is 3.45. The van der Waals surface area contributed by atoms with Gasteiger partial charge in [-0.25, -0.2) is 4.79 Å². The molecule has 0 radical (unpaired) electrons. The summed E-state index contributed by atoms with van der Waals surface area (Å²) in [6.45, 7) is 2.12. The van der Waals surface area contributed by atoms with E-state index in [1.165, 1.54) is 19.3 Å². The van der Waals surface area contributed by atoms with Gasteiger partial charge in [0.05, 0.1) is 11.3 Å². The van der Waals surface area contributed by atoms with Crippen molar-refractivity contribution in [1.82, 2.24) is 0 Å². The molecule has 0 atom stereocenters. The third-order valence-electron chi connectivity index (χ3n) is 2.89. The Hall–Kier alpha value is -1.03. The molecular weight excluding hydrogens is 270 g/mol. The lowest BCUT2D eigenvalue weighted by Crippen LogP contribution is -2.29. The van der Waals surface area contributed by atoms with E-state index in [2.05, 4.69) is 20.8 Å². The Kier molecular flexibility index (Phi) is 3.49. The highest BCUT2D eigenvalue weighted by molar-refractivity contribution is 9.10. The monoisotopic (exact) mass is 283 g/mol. The second kappa shape index (κ2) is 4.87. The van der Waals surface area contributed by atoms with E-state index in [0.717, 1.165) is 23.2 Å². The van der Waals surface area contributed by atoms with E-state index in [1.54, 1.807) is 12.1 Å². The van der Waals surface area contributed by atoms with Crippen LogP contribution in [-0.4, -0.2) is 24.2 Å². The fourth-order valence-corrected chi connectivity index (χ4v) is 2.66. The molecule has 2 rings (SSSR count). The Balaban J connectivity index is 2.24. The second-order valence-electron chi connectivity index (χ2n) is 4.02. The van der Waals surface area contributed by atoms with Crippen molar-refractivity contribution in [3.8, 4) is 0 Å². The molecule has 1 fully saturated rings. The highest BCUT2D eigenvalue weighted by Gasteiger charge is 2.14. The Morgan fingerprint density at radius 2 is 1.94 bits per heavy atom. The van der Waals surface area contributed by atoms with Crippen molar-refractivity contribution in [3.05, 3.63) is 28.2 Å². The SMILES string of the molecule is O=C(O)c1ccc(N2CCCCC2)c(Br)c1. The van der Waals surface area contributed by atoms with Crippen LogP contribution >= 0.6 is 15.9 Å². The maximum absolute atomic E-state index is 10.8. The predicted octanol–water partition coefficient (Wildman–Crippen LogP) is 3.14. The fourth-order valence-electron chi connectivity index (χ4n) is 2.03. The van der Waals surface area contributed by atoms with Gasteiger partial charge in [-0.3, -0.25) is 0 Å². The van der Waals surface area contributed by atoms with Crippen LogP contribution in [0.2, 0.25) is 0 Å². The number of aromatic carboxylic acids is 1. The first-order valence-corrected chi connectivity index (χ1v) is 6.25. The van der Waals surface area contributed by atoms with Gasteiger partial charge in [-0.15, -0.1) is 0 Å². The van der Waals surface area contributed by atoms with Gasteiger partial charge in [-0.2, -0.15) is 0 Å². The average molecular weight is 284 g/mol. The molecule has 1 heterocycles. The third-order valence-corrected chi connectivity index (χ3v) is 3.53. The molecule has 0 unspecified atom stereocenters. The van der Waals surface area contributed by atoms with E-state index >= 15 is 0 Å². The normalized spacial score (nSPS) is 16.2. The van der Waals surface area contributed by atoms with Crippen LogP contribution in [-0.2, 0) is 0 Å². The smallest absolute Gasteiger partial charge is 0.335 e. The summed E-state index contributed by atoms with van der Waals surface area (Å²) in [6.07, 6.45) is 3.72. The third kappa shape index (κ3) is 2.38. The van der Waals surface area contributed by atoms with Crippen LogP contribution in [0, 0.1) is 0 Å². The Morgan fingerprint density at radius 3 is 2.50 bits per heavy atom. The standard InChI is InChI=1S/C12H14BrNO2/c13-10-8-9(12(15)16)4-5-11(10)14-6-2-1-3-7-14/h4-5,8H,1-3,6-7H2,(H,15,16). The molecule has 0 spiro atoms.